The minimum Gasteiger partial charge on any atom is -0.355 e. The van der Waals surface area contributed by atoms with Crippen molar-refractivity contribution in [3.05, 3.63) is 35.1 Å². The largest absolute Gasteiger partial charge is 0.355 e. The van der Waals surface area contributed by atoms with Crippen molar-refractivity contribution in [1.29, 1.82) is 5.26 Å². The van der Waals surface area contributed by atoms with Gasteiger partial charge in [0.2, 0.25) is 5.91 Å². The summed E-state index contributed by atoms with van der Waals surface area (Å²) in [5, 5.41) is 14.8. The van der Waals surface area contributed by atoms with Crippen LogP contribution in [0.3, 0.4) is 0 Å². The number of nitriles is 1. The molecule has 4 nitrogen and oxygen atoms in total. The molecule has 0 spiro atoms. The number of carbonyl (C=O) groups is 1. The second-order valence-electron chi connectivity index (χ2n) is 4.84. The molecule has 1 fully saturated rings. The maximum atomic E-state index is 13.2. The molecule has 0 unspecified atom stereocenters. The second-order valence-corrected chi connectivity index (χ2v) is 4.84. The van der Waals surface area contributed by atoms with Crippen molar-refractivity contribution in [3.63, 3.8) is 0 Å². The Morgan fingerprint density at radius 1 is 1.58 bits per heavy atom. The zero-order valence-electron chi connectivity index (χ0n) is 10.7. The van der Waals surface area contributed by atoms with Crippen LogP contribution in [0.4, 0.5) is 4.39 Å². The van der Waals surface area contributed by atoms with Gasteiger partial charge in [-0.3, -0.25) is 4.79 Å². The van der Waals surface area contributed by atoms with Gasteiger partial charge in [0, 0.05) is 13.1 Å². The second kappa shape index (κ2) is 5.81. The van der Waals surface area contributed by atoms with Gasteiger partial charge in [-0.2, -0.15) is 5.26 Å². The average molecular weight is 261 g/mol. The minimum absolute atomic E-state index is 0.00127. The molecular formula is C14H16FN3O. The number of piperidine rings is 1. The summed E-state index contributed by atoms with van der Waals surface area (Å²) in [5.41, 5.74) is 0.823. The number of benzene rings is 1. The molecule has 2 atom stereocenters. The third-order valence-electron chi connectivity index (χ3n) is 3.43. The van der Waals surface area contributed by atoms with Gasteiger partial charge in [-0.15, -0.1) is 0 Å². The molecule has 1 amide bonds. The van der Waals surface area contributed by atoms with Gasteiger partial charge in [-0.25, -0.2) is 4.39 Å². The zero-order valence-corrected chi connectivity index (χ0v) is 10.7. The molecule has 5 heteroatoms. The Bertz CT molecular complexity index is 524. The number of rotatable bonds is 3. The van der Waals surface area contributed by atoms with Gasteiger partial charge in [0.05, 0.1) is 11.6 Å². The van der Waals surface area contributed by atoms with E-state index in [1.165, 1.54) is 12.1 Å². The molecule has 0 aromatic heterocycles. The molecule has 1 aliphatic rings. The van der Waals surface area contributed by atoms with Crippen molar-refractivity contribution in [2.75, 3.05) is 6.54 Å². The van der Waals surface area contributed by atoms with Crippen LogP contribution in [-0.4, -0.2) is 18.5 Å². The highest BCUT2D eigenvalue weighted by atomic mass is 19.1. The molecule has 0 radical (unpaired) electrons. The van der Waals surface area contributed by atoms with E-state index in [1.54, 1.807) is 6.07 Å². The summed E-state index contributed by atoms with van der Waals surface area (Å²) in [6, 6.07) is 5.98. The Hall–Kier alpha value is -1.93. The Labute approximate surface area is 111 Å². The summed E-state index contributed by atoms with van der Waals surface area (Å²) < 4.78 is 13.2. The maximum absolute atomic E-state index is 13.2. The summed E-state index contributed by atoms with van der Waals surface area (Å²) in [6.45, 7) is 3.19. The van der Waals surface area contributed by atoms with Crippen LogP contribution in [0.2, 0.25) is 0 Å². The lowest BCUT2D eigenvalue weighted by molar-refractivity contribution is -0.126. The lowest BCUT2D eigenvalue weighted by Gasteiger charge is -2.29. The smallest absolute Gasteiger partial charge is 0.237 e. The standard InChI is InChI=1S/C14H16FN3O/c1-9-4-5-17-14(19)13(9)18-8-10-2-3-12(15)11(6-10)7-16/h2-3,6,9,13,18H,4-5,8H2,1H3,(H,17,19)/t9-,13+/m0/s1. The fourth-order valence-corrected chi connectivity index (χ4v) is 2.25. The van der Waals surface area contributed by atoms with Crippen molar-refractivity contribution in [2.45, 2.75) is 25.9 Å². The lowest BCUT2D eigenvalue weighted by Crippen LogP contribution is -2.52. The molecule has 0 aliphatic carbocycles. The number of nitrogens with zero attached hydrogens (tertiary/aromatic N) is 1. The highest BCUT2D eigenvalue weighted by Gasteiger charge is 2.27. The molecule has 2 rings (SSSR count). The van der Waals surface area contributed by atoms with E-state index in [-0.39, 0.29) is 23.4 Å². The third kappa shape index (κ3) is 3.09. The van der Waals surface area contributed by atoms with Crippen LogP contribution in [0.1, 0.15) is 24.5 Å². The molecule has 19 heavy (non-hydrogen) atoms. The fourth-order valence-electron chi connectivity index (χ4n) is 2.25. The van der Waals surface area contributed by atoms with Crippen LogP contribution in [-0.2, 0) is 11.3 Å². The molecule has 1 aliphatic heterocycles. The van der Waals surface area contributed by atoms with E-state index in [1.807, 2.05) is 13.0 Å². The Kier molecular flexibility index (Phi) is 4.13. The molecule has 2 N–H and O–H groups in total. The van der Waals surface area contributed by atoms with E-state index in [4.69, 9.17) is 5.26 Å². The number of nitrogens with one attached hydrogen (secondary N) is 2. The van der Waals surface area contributed by atoms with Gasteiger partial charge in [0.15, 0.2) is 0 Å². The molecule has 1 aromatic rings. The highest BCUT2D eigenvalue weighted by molar-refractivity contribution is 5.82. The van der Waals surface area contributed by atoms with Gasteiger partial charge in [-0.05, 0) is 30.0 Å². The van der Waals surface area contributed by atoms with Crippen molar-refractivity contribution in [1.82, 2.24) is 10.6 Å². The van der Waals surface area contributed by atoms with Crippen LogP contribution in [0, 0.1) is 23.1 Å². The van der Waals surface area contributed by atoms with Crippen molar-refractivity contribution >= 4 is 5.91 Å². The first-order valence-corrected chi connectivity index (χ1v) is 6.31. The topological polar surface area (TPSA) is 64.9 Å². The van der Waals surface area contributed by atoms with Crippen LogP contribution < -0.4 is 10.6 Å². The normalized spacial score (nSPS) is 22.7. The molecule has 0 bridgehead atoms. The molecule has 1 aromatic carbocycles. The van der Waals surface area contributed by atoms with E-state index >= 15 is 0 Å². The predicted molar refractivity (Wildman–Crippen MR) is 68.5 cm³/mol. The molecule has 100 valence electrons. The van der Waals surface area contributed by atoms with Gasteiger partial charge in [0.1, 0.15) is 11.9 Å². The average Bonchev–Trinajstić information content (AvgIpc) is 2.40. The third-order valence-corrected chi connectivity index (χ3v) is 3.43. The summed E-state index contributed by atoms with van der Waals surface area (Å²) in [4.78, 5) is 11.7. The van der Waals surface area contributed by atoms with Crippen LogP contribution in [0.5, 0.6) is 0 Å². The van der Waals surface area contributed by atoms with Crippen molar-refractivity contribution < 1.29 is 9.18 Å². The molecule has 0 saturated carbocycles. The summed E-state index contributed by atoms with van der Waals surface area (Å²) in [7, 11) is 0. The first-order valence-electron chi connectivity index (χ1n) is 6.31. The number of carbonyl (C=O) groups excluding carboxylic acids is 1. The fraction of sp³-hybridized carbons (Fsp3) is 0.429. The number of hydrogen-bond acceptors (Lipinski definition) is 3. The first-order chi connectivity index (χ1) is 9.11. The van der Waals surface area contributed by atoms with E-state index in [0.717, 1.165) is 12.0 Å². The first kappa shape index (κ1) is 13.5. The summed E-state index contributed by atoms with van der Waals surface area (Å²) in [5.74, 6) is -0.249. The monoisotopic (exact) mass is 261 g/mol. The SMILES string of the molecule is C[C@H]1CCNC(=O)[C@@H]1NCc1ccc(F)c(C#N)c1. The molecule has 1 saturated heterocycles. The van der Waals surface area contributed by atoms with Crippen molar-refractivity contribution in [3.8, 4) is 6.07 Å². The number of halogens is 1. The van der Waals surface area contributed by atoms with E-state index in [0.29, 0.717) is 13.1 Å². The Balaban J connectivity index is 2.02. The van der Waals surface area contributed by atoms with Crippen LogP contribution in [0.25, 0.3) is 0 Å². The lowest BCUT2D eigenvalue weighted by atomic mass is 9.94. The zero-order chi connectivity index (χ0) is 13.8. The van der Waals surface area contributed by atoms with E-state index in [2.05, 4.69) is 10.6 Å². The van der Waals surface area contributed by atoms with Gasteiger partial charge >= 0.3 is 0 Å². The van der Waals surface area contributed by atoms with Crippen LogP contribution >= 0.6 is 0 Å². The molecule has 1 heterocycles. The Morgan fingerprint density at radius 3 is 3.05 bits per heavy atom. The van der Waals surface area contributed by atoms with Crippen molar-refractivity contribution in [2.24, 2.45) is 5.92 Å². The maximum Gasteiger partial charge on any atom is 0.237 e. The highest BCUT2D eigenvalue weighted by Crippen LogP contribution is 2.14. The number of amides is 1. The van der Waals surface area contributed by atoms with Gasteiger partial charge < -0.3 is 10.6 Å². The minimum atomic E-state index is -0.518. The quantitative estimate of drug-likeness (QED) is 0.862. The van der Waals surface area contributed by atoms with E-state index in [9.17, 15) is 9.18 Å². The summed E-state index contributed by atoms with van der Waals surface area (Å²) >= 11 is 0. The van der Waals surface area contributed by atoms with Crippen LogP contribution in [0.15, 0.2) is 18.2 Å². The summed E-state index contributed by atoms with van der Waals surface area (Å²) in [6.07, 6.45) is 0.941. The van der Waals surface area contributed by atoms with Gasteiger partial charge in [-0.1, -0.05) is 13.0 Å². The van der Waals surface area contributed by atoms with Gasteiger partial charge in [0.25, 0.3) is 0 Å². The Morgan fingerprint density at radius 2 is 2.37 bits per heavy atom. The number of hydrogen-bond donors (Lipinski definition) is 2. The molecular weight excluding hydrogens is 245 g/mol. The predicted octanol–water partition coefficient (Wildman–Crippen LogP) is 1.31. The van der Waals surface area contributed by atoms with E-state index < -0.39 is 5.82 Å².